The molecule has 2 rings (SSSR count). The summed E-state index contributed by atoms with van der Waals surface area (Å²) in [6, 6.07) is 11.6. The van der Waals surface area contributed by atoms with Crippen molar-refractivity contribution in [2.75, 3.05) is 4.72 Å². The van der Waals surface area contributed by atoms with E-state index in [0.717, 1.165) is 0 Å². The molecule has 0 amide bonds. The molecule has 0 saturated heterocycles. The van der Waals surface area contributed by atoms with E-state index in [2.05, 4.69) is 4.72 Å². The van der Waals surface area contributed by atoms with Gasteiger partial charge in [0.15, 0.2) is 0 Å². The summed E-state index contributed by atoms with van der Waals surface area (Å²) in [5, 5.41) is 18.7. The summed E-state index contributed by atoms with van der Waals surface area (Å²) < 4.78 is 26.6. The van der Waals surface area contributed by atoms with Gasteiger partial charge in [0.1, 0.15) is 0 Å². The number of sulfonamides is 1. The van der Waals surface area contributed by atoms with Gasteiger partial charge in [-0.2, -0.15) is 0 Å². The molecule has 0 aliphatic heterocycles. The third-order valence-electron chi connectivity index (χ3n) is 2.54. The molecule has 0 heterocycles. The van der Waals surface area contributed by atoms with E-state index in [-0.39, 0.29) is 16.1 Å². The number of halogens is 1. The SMILES string of the molecule is N=C([O-])c1ccccc1NS(=O)(=O)c1ccc(Cl)cc1. The number of para-hydroxylation sites is 1. The molecule has 0 radical (unpaired) electrons. The van der Waals surface area contributed by atoms with Gasteiger partial charge in [0, 0.05) is 10.6 Å². The minimum atomic E-state index is -3.83. The van der Waals surface area contributed by atoms with Crippen LogP contribution < -0.4 is 9.83 Å². The van der Waals surface area contributed by atoms with Gasteiger partial charge in [0.25, 0.3) is 10.0 Å². The van der Waals surface area contributed by atoms with Crippen molar-refractivity contribution in [3.63, 3.8) is 0 Å². The van der Waals surface area contributed by atoms with Crippen molar-refractivity contribution in [2.24, 2.45) is 0 Å². The van der Waals surface area contributed by atoms with E-state index in [1.807, 2.05) is 0 Å². The van der Waals surface area contributed by atoms with E-state index >= 15 is 0 Å². The molecule has 2 aromatic carbocycles. The summed E-state index contributed by atoms with van der Waals surface area (Å²) in [7, 11) is -3.83. The van der Waals surface area contributed by atoms with Crippen LogP contribution in [-0.4, -0.2) is 14.3 Å². The molecule has 104 valence electrons. The smallest absolute Gasteiger partial charge is 0.261 e. The molecule has 2 aromatic rings. The van der Waals surface area contributed by atoms with Gasteiger partial charge in [0.05, 0.1) is 10.6 Å². The van der Waals surface area contributed by atoms with Crippen LogP contribution >= 0.6 is 11.6 Å². The predicted molar refractivity (Wildman–Crippen MR) is 75.5 cm³/mol. The number of anilines is 1. The summed E-state index contributed by atoms with van der Waals surface area (Å²) in [5.41, 5.74) is 0.0625. The lowest BCUT2D eigenvalue weighted by atomic mass is 10.2. The molecular weight excluding hydrogens is 300 g/mol. The average molecular weight is 310 g/mol. The van der Waals surface area contributed by atoms with Crippen LogP contribution in [0.4, 0.5) is 5.69 Å². The van der Waals surface area contributed by atoms with Crippen molar-refractivity contribution in [3.05, 3.63) is 59.1 Å². The minimum absolute atomic E-state index is 0.00922. The van der Waals surface area contributed by atoms with Crippen LogP contribution in [-0.2, 0) is 10.0 Å². The predicted octanol–water partition coefficient (Wildman–Crippen LogP) is 1.83. The lowest BCUT2D eigenvalue weighted by molar-refractivity contribution is -0.214. The van der Waals surface area contributed by atoms with Gasteiger partial charge in [-0.25, -0.2) is 8.42 Å². The van der Waals surface area contributed by atoms with E-state index in [0.29, 0.717) is 5.02 Å². The van der Waals surface area contributed by atoms with E-state index in [9.17, 15) is 13.5 Å². The summed E-state index contributed by atoms with van der Waals surface area (Å²) in [6.07, 6.45) is 0. The third-order valence-corrected chi connectivity index (χ3v) is 4.17. The Morgan fingerprint density at radius 2 is 1.70 bits per heavy atom. The Labute approximate surface area is 121 Å². The highest BCUT2D eigenvalue weighted by Gasteiger charge is 2.15. The lowest BCUT2D eigenvalue weighted by Gasteiger charge is -2.15. The quantitative estimate of drug-likeness (QED) is 0.666. The Morgan fingerprint density at radius 1 is 1.10 bits per heavy atom. The molecule has 0 saturated carbocycles. The first-order chi connectivity index (χ1) is 9.40. The summed E-state index contributed by atoms with van der Waals surface area (Å²) >= 11 is 5.70. The zero-order chi connectivity index (χ0) is 14.8. The van der Waals surface area contributed by atoms with Crippen LogP contribution in [0.2, 0.25) is 5.02 Å². The van der Waals surface area contributed by atoms with Gasteiger partial charge in [-0.3, -0.25) is 4.72 Å². The lowest BCUT2D eigenvalue weighted by Crippen LogP contribution is -2.21. The first-order valence-corrected chi connectivity index (χ1v) is 7.39. The molecule has 0 aromatic heterocycles. The van der Waals surface area contributed by atoms with Gasteiger partial charge >= 0.3 is 0 Å². The van der Waals surface area contributed by atoms with E-state index in [1.54, 1.807) is 12.1 Å². The van der Waals surface area contributed by atoms with Crippen molar-refractivity contribution in [2.45, 2.75) is 4.90 Å². The highest BCUT2D eigenvalue weighted by molar-refractivity contribution is 7.92. The van der Waals surface area contributed by atoms with E-state index < -0.39 is 15.9 Å². The number of benzene rings is 2. The van der Waals surface area contributed by atoms with Gasteiger partial charge in [0.2, 0.25) is 0 Å². The van der Waals surface area contributed by atoms with Gasteiger partial charge in [-0.1, -0.05) is 29.8 Å². The fourth-order valence-electron chi connectivity index (χ4n) is 1.59. The molecule has 5 nitrogen and oxygen atoms in total. The second-order valence-corrected chi connectivity index (χ2v) is 6.05. The molecule has 20 heavy (non-hydrogen) atoms. The highest BCUT2D eigenvalue weighted by atomic mass is 35.5. The molecule has 0 aliphatic carbocycles. The Bertz CT molecular complexity index is 742. The van der Waals surface area contributed by atoms with Crippen molar-refractivity contribution >= 4 is 33.2 Å². The van der Waals surface area contributed by atoms with E-state index in [1.165, 1.54) is 36.4 Å². The van der Waals surface area contributed by atoms with Crippen molar-refractivity contribution < 1.29 is 13.5 Å². The molecule has 0 unspecified atom stereocenters. The molecule has 0 bridgehead atoms. The topological polar surface area (TPSA) is 93.1 Å². The molecule has 0 spiro atoms. The second-order valence-electron chi connectivity index (χ2n) is 3.93. The standard InChI is InChI=1S/C13H11ClN2O3S/c14-9-5-7-10(8-6-9)20(18,19)16-12-4-2-1-3-11(12)13(15)17/h1-8,16H,(H2,15,17)/p-1. The van der Waals surface area contributed by atoms with Crippen LogP contribution in [0.25, 0.3) is 0 Å². The fraction of sp³-hybridized carbons (Fsp3) is 0. The maximum Gasteiger partial charge on any atom is 0.261 e. The number of hydrogen-bond donors (Lipinski definition) is 2. The largest absolute Gasteiger partial charge is 0.859 e. The van der Waals surface area contributed by atoms with Crippen LogP contribution in [0.5, 0.6) is 0 Å². The molecule has 0 fully saturated rings. The fourth-order valence-corrected chi connectivity index (χ4v) is 2.79. The molecule has 0 aliphatic rings. The maximum absolute atomic E-state index is 12.2. The summed E-state index contributed by atoms with van der Waals surface area (Å²) in [5.74, 6) is -0.959. The number of rotatable bonds is 4. The van der Waals surface area contributed by atoms with Gasteiger partial charge in [-0.15, -0.1) is 0 Å². The average Bonchev–Trinajstić information content (AvgIpc) is 2.39. The Morgan fingerprint density at radius 3 is 2.30 bits per heavy atom. The summed E-state index contributed by atoms with van der Waals surface area (Å²) in [4.78, 5) is 0.0223. The monoisotopic (exact) mass is 309 g/mol. The van der Waals surface area contributed by atoms with Crippen LogP contribution in [0.15, 0.2) is 53.4 Å². The highest BCUT2D eigenvalue weighted by Crippen LogP contribution is 2.20. The van der Waals surface area contributed by atoms with Crippen LogP contribution in [0, 0.1) is 5.41 Å². The van der Waals surface area contributed by atoms with Crippen molar-refractivity contribution in [1.82, 2.24) is 0 Å². The van der Waals surface area contributed by atoms with Crippen molar-refractivity contribution in [3.8, 4) is 0 Å². The second kappa shape index (κ2) is 5.52. The van der Waals surface area contributed by atoms with Crippen LogP contribution in [0.1, 0.15) is 5.56 Å². The summed E-state index contributed by atoms with van der Waals surface area (Å²) in [6.45, 7) is 0. The van der Waals surface area contributed by atoms with Gasteiger partial charge < -0.3 is 10.5 Å². The number of nitrogens with one attached hydrogen (secondary N) is 2. The van der Waals surface area contributed by atoms with Gasteiger partial charge in [-0.05, 0) is 36.2 Å². The minimum Gasteiger partial charge on any atom is -0.859 e. The molecule has 7 heteroatoms. The van der Waals surface area contributed by atoms with E-state index in [4.69, 9.17) is 17.0 Å². The zero-order valence-corrected chi connectivity index (χ0v) is 11.7. The number of hydrogen-bond acceptors (Lipinski definition) is 4. The van der Waals surface area contributed by atoms with Crippen LogP contribution in [0.3, 0.4) is 0 Å². The first-order valence-electron chi connectivity index (χ1n) is 5.53. The molecular formula is C13H10ClN2O3S-. The zero-order valence-electron chi connectivity index (χ0n) is 10.1. The third kappa shape index (κ3) is 3.09. The Hall–Kier alpha value is -2.05. The molecule has 2 N–H and O–H groups in total. The Kier molecular flexibility index (Phi) is 3.96. The molecule has 0 atom stereocenters. The Balaban J connectivity index is 2.38. The maximum atomic E-state index is 12.2. The normalized spacial score (nSPS) is 11.1. The van der Waals surface area contributed by atoms with Crippen molar-refractivity contribution in [1.29, 1.82) is 5.41 Å². The first kappa shape index (κ1) is 14.4.